The summed E-state index contributed by atoms with van der Waals surface area (Å²) in [5, 5.41) is 3.48. The van der Waals surface area contributed by atoms with Crippen LogP contribution < -0.4 is 10.5 Å². The zero-order chi connectivity index (χ0) is 14.9. The Morgan fingerprint density at radius 2 is 1.82 bits per heavy atom. The van der Waals surface area contributed by atoms with Crippen LogP contribution in [0.5, 0.6) is 0 Å². The van der Waals surface area contributed by atoms with Crippen molar-refractivity contribution in [2.75, 3.05) is 13.1 Å². The van der Waals surface area contributed by atoms with Crippen molar-refractivity contribution < 1.29 is 9.32 Å². The Hall–Kier alpha value is -2.13. The van der Waals surface area contributed by atoms with Gasteiger partial charge in [0.05, 0.1) is 13.1 Å². The zero-order valence-electron chi connectivity index (χ0n) is 12.6. The van der Waals surface area contributed by atoms with Crippen molar-refractivity contribution in [3.05, 3.63) is 58.4 Å². The Morgan fingerprint density at radius 3 is 2.68 bits per heavy atom. The van der Waals surface area contributed by atoms with Gasteiger partial charge in [0, 0.05) is 17.0 Å². The zero-order valence-corrected chi connectivity index (χ0v) is 12.6. The molecule has 1 fully saturated rings. The molecule has 0 bridgehead atoms. The maximum absolute atomic E-state index is 11.9. The molecule has 1 aliphatic rings. The Labute approximate surface area is 129 Å². The van der Waals surface area contributed by atoms with Crippen LogP contribution in [0.2, 0.25) is 0 Å². The Bertz CT molecular complexity index is 875. The van der Waals surface area contributed by atoms with Crippen LogP contribution in [0.1, 0.15) is 24.8 Å². The quantitative estimate of drug-likeness (QED) is 0.582. The van der Waals surface area contributed by atoms with E-state index in [0.29, 0.717) is 5.58 Å². The van der Waals surface area contributed by atoms with E-state index in [2.05, 4.69) is 12.1 Å². The topological polar surface area (TPSA) is 34.7 Å². The summed E-state index contributed by atoms with van der Waals surface area (Å²) >= 11 is 0. The molecule has 3 heteroatoms. The van der Waals surface area contributed by atoms with Crippen molar-refractivity contribution in [1.82, 2.24) is 0 Å². The molecular weight excluding hydrogens is 274 g/mol. The van der Waals surface area contributed by atoms with Gasteiger partial charge in [-0.25, -0.2) is 4.79 Å². The monoisotopic (exact) mass is 294 g/mol. The van der Waals surface area contributed by atoms with Crippen molar-refractivity contribution >= 4 is 21.7 Å². The highest BCUT2D eigenvalue weighted by molar-refractivity contribution is 6.06. The molecule has 3 aromatic rings. The number of rotatable bonds is 2. The van der Waals surface area contributed by atoms with E-state index in [-0.39, 0.29) is 5.63 Å². The highest BCUT2D eigenvalue weighted by Crippen LogP contribution is 2.27. The van der Waals surface area contributed by atoms with Gasteiger partial charge in [-0.2, -0.15) is 0 Å². The molecule has 4 rings (SSSR count). The maximum atomic E-state index is 11.9. The summed E-state index contributed by atoms with van der Waals surface area (Å²) in [6.45, 7) is 3.31. The Balaban J connectivity index is 1.91. The third-order valence-electron chi connectivity index (χ3n) is 4.72. The predicted molar refractivity (Wildman–Crippen MR) is 88.2 cm³/mol. The number of fused-ring (bicyclic) bond motifs is 3. The standard InChI is InChI=1S/C19H19NO2/c21-18-12-15(13-20-10-4-1-5-11-20)19-16-7-3-2-6-14(16)8-9-17(19)22-18/h2-3,6-9,12H,1,4-5,10-11,13H2/p+1. The summed E-state index contributed by atoms with van der Waals surface area (Å²) in [5.41, 5.74) is 1.59. The van der Waals surface area contributed by atoms with E-state index < -0.39 is 0 Å². The molecule has 22 heavy (non-hydrogen) atoms. The molecule has 3 nitrogen and oxygen atoms in total. The van der Waals surface area contributed by atoms with Crippen molar-refractivity contribution in [1.29, 1.82) is 0 Å². The minimum absolute atomic E-state index is 0.241. The summed E-state index contributed by atoms with van der Waals surface area (Å²) in [5.74, 6) is 0. The number of hydrogen-bond donors (Lipinski definition) is 1. The Kier molecular flexibility index (Phi) is 3.43. The van der Waals surface area contributed by atoms with Gasteiger partial charge in [-0.15, -0.1) is 0 Å². The van der Waals surface area contributed by atoms with Crippen LogP contribution in [-0.4, -0.2) is 13.1 Å². The van der Waals surface area contributed by atoms with Gasteiger partial charge in [0.25, 0.3) is 0 Å². The molecule has 0 saturated carbocycles. The van der Waals surface area contributed by atoms with Crippen LogP contribution in [0.25, 0.3) is 21.7 Å². The Morgan fingerprint density at radius 1 is 1.00 bits per heavy atom. The number of quaternary nitrogens is 1. The summed E-state index contributed by atoms with van der Waals surface area (Å²) in [7, 11) is 0. The summed E-state index contributed by atoms with van der Waals surface area (Å²) in [4.78, 5) is 13.5. The van der Waals surface area contributed by atoms with Crippen LogP contribution in [0, 0.1) is 0 Å². The predicted octanol–water partition coefficient (Wildman–Crippen LogP) is 2.52. The van der Waals surface area contributed by atoms with E-state index in [1.807, 2.05) is 24.3 Å². The lowest BCUT2D eigenvalue weighted by Crippen LogP contribution is -3.11. The van der Waals surface area contributed by atoms with Gasteiger partial charge in [-0.3, -0.25) is 0 Å². The number of nitrogens with one attached hydrogen (secondary N) is 1. The molecule has 0 aliphatic carbocycles. The van der Waals surface area contributed by atoms with E-state index in [1.165, 1.54) is 43.1 Å². The average Bonchev–Trinajstić information content (AvgIpc) is 2.55. The first-order valence-corrected chi connectivity index (χ1v) is 8.09. The molecule has 0 unspecified atom stereocenters. The molecule has 1 saturated heterocycles. The minimum Gasteiger partial charge on any atom is -0.423 e. The van der Waals surface area contributed by atoms with E-state index in [0.717, 1.165) is 17.5 Å². The number of benzene rings is 2. The SMILES string of the molecule is O=c1cc(C[NH+]2CCCCC2)c2c(ccc3ccccc32)o1. The van der Waals surface area contributed by atoms with E-state index in [4.69, 9.17) is 4.42 Å². The number of likely N-dealkylation sites (tertiary alicyclic amines) is 1. The minimum atomic E-state index is -0.241. The second kappa shape index (κ2) is 5.58. The van der Waals surface area contributed by atoms with Gasteiger partial charge in [-0.1, -0.05) is 30.3 Å². The second-order valence-electron chi connectivity index (χ2n) is 6.24. The first kappa shape index (κ1) is 13.5. The highest BCUT2D eigenvalue weighted by Gasteiger charge is 2.17. The summed E-state index contributed by atoms with van der Waals surface area (Å²) in [6.07, 6.45) is 3.91. The van der Waals surface area contributed by atoms with Crippen molar-refractivity contribution in [2.45, 2.75) is 25.8 Å². The third-order valence-corrected chi connectivity index (χ3v) is 4.72. The van der Waals surface area contributed by atoms with Crippen LogP contribution in [0.3, 0.4) is 0 Å². The third kappa shape index (κ3) is 2.42. The summed E-state index contributed by atoms with van der Waals surface area (Å²) < 4.78 is 5.43. The lowest BCUT2D eigenvalue weighted by Gasteiger charge is -2.24. The van der Waals surface area contributed by atoms with Crippen molar-refractivity contribution in [3.8, 4) is 0 Å². The first-order valence-electron chi connectivity index (χ1n) is 8.09. The normalized spacial score (nSPS) is 16.4. The van der Waals surface area contributed by atoms with E-state index in [1.54, 1.807) is 11.0 Å². The molecule has 0 radical (unpaired) electrons. The van der Waals surface area contributed by atoms with Crippen molar-refractivity contribution in [2.24, 2.45) is 0 Å². The molecule has 1 aromatic heterocycles. The molecule has 0 amide bonds. The van der Waals surface area contributed by atoms with Gasteiger partial charge in [-0.05, 0) is 36.1 Å². The fourth-order valence-electron chi connectivity index (χ4n) is 3.66. The van der Waals surface area contributed by atoms with Gasteiger partial charge in [0.1, 0.15) is 12.1 Å². The molecule has 1 aliphatic heterocycles. The molecular formula is C19H20NO2+. The highest BCUT2D eigenvalue weighted by atomic mass is 16.4. The van der Waals surface area contributed by atoms with Crippen LogP contribution in [-0.2, 0) is 6.54 Å². The van der Waals surface area contributed by atoms with Crippen LogP contribution in [0.4, 0.5) is 0 Å². The molecule has 0 atom stereocenters. The largest absolute Gasteiger partial charge is 0.423 e. The van der Waals surface area contributed by atoms with E-state index >= 15 is 0 Å². The summed E-state index contributed by atoms with van der Waals surface area (Å²) in [6, 6.07) is 14.0. The van der Waals surface area contributed by atoms with Crippen LogP contribution in [0.15, 0.2) is 51.7 Å². The lowest BCUT2D eigenvalue weighted by atomic mass is 10.0. The van der Waals surface area contributed by atoms with E-state index in [9.17, 15) is 4.79 Å². The van der Waals surface area contributed by atoms with Crippen LogP contribution >= 0.6 is 0 Å². The van der Waals surface area contributed by atoms with Gasteiger partial charge in [0.15, 0.2) is 0 Å². The number of piperidine rings is 1. The van der Waals surface area contributed by atoms with Crippen molar-refractivity contribution in [3.63, 3.8) is 0 Å². The molecule has 0 spiro atoms. The maximum Gasteiger partial charge on any atom is 0.336 e. The van der Waals surface area contributed by atoms with Gasteiger partial charge < -0.3 is 9.32 Å². The fraction of sp³-hybridized carbons (Fsp3) is 0.316. The molecule has 2 heterocycles. The average molecular weight is 294 g/mol. The van der Waals surface area contributed by atoms with Gasteiger partial charge >= 0.3 is 5.63 Å². The molecule has 2 aromatic carbocycles. The first-order chi connectivity index (χ1) is 10.8. The smallest absolute Gasteiger partial charge is 0.336 e. The molecule has 1 N–H and O–H groups in total. The second-order valence-corrected chi connectivity index (χ2v) is 6.24. The molecule has 112 valence electrons. The van der Waals surface area contributed by atoms with Gasteiger partial charge in [0.2, 0.25) is 0 Å². The fourth-order valence-corrected chi connectivity index (χ4v) is 3.66. The lowest BCUT2D eigenvalue weighted by molar-refractivity contribution is -0.918. The number of hydrogen-bond acceptors (Lipinski definition) is 2.